The van der Waals surface area contributed by atoms with E-state index in [1.807, 2.05) is 14.1 Å². The summed E-state index contributed by atoms with van der Waals surface area (Å²) in [5.74, 6) is 2.20. The Morgan fingerprint density at radius 3 is 3.06 bits per heavy atom. The minimum absolute atomic E-state index is 0.750. The zero-order valence-corrected chi connectivity index (χ0v) is 12.0. The minimum Gasteiger partial charge on any atom is -0.357 e. The Morgan fingerprint density at radius 1 is 1.56 bits per heavy atom. The van der Waals surface area contributed by atoms with Crippen LogP contribution in [0.1, 0.15) is 18.4 Å². The monoisotopic (exact) mass is 266 g/mol. The highest BCUT2D eigenvalue weighted by atomic mass is 32.2. The van der Waals surface area contributed by atoms with Gasteiger partial charge in [-0.05, 0) is 30.2 Å². The molecule has 1 aliphatic rings. The number of aryl methyl sites for hydroxylation is 1. The molecule has 1 unspecified atom stereocenters. The lowest BCUT2D eigenvalue weighted by Crippen LogP contribution is -2.39. The van der Waals surface area contributed by atoms with E-state index in [9.17, 15) is 0 Å². The zero-order valence-electron chi connectivity index (χ0n) is 11.1. The highest BCUT2D eigenvalue weighted by Gasteiger charge is 2.15. The van der Waals surface area contributed by atoms with Crippen LogP contribution in [0.4, 0.5) is 0 Å². The summed E-state index contributed by atoms with van der Waals surface area (Å²) in [7, 11) is 3.86. The molecular weight excluding hydrogens is 244 g/mol. The number of rotatable bonds is 4. The summed E-state index contributed by atoms with van der Waals surface area (Å²) in [6.07, 6.45) is 6.86. The van der Waals surface area contributed by atoms with Gasteiger partial charge in [-0.15, -0.1) is 0 Å². The molecule has 0 spiro atoms. The molecule has 1 aromatic rings. The normalized spacial score (nSPS) is 20.1. The van der Waals surface area contributed by atoms with Crippen LogP contribution in [0.5, 0.6) is 0 Å². The van der Waals surface area contributed by atoms with E-state index in [1.165, 1.54) is 24.2 Å². The minimum atomic E-state index is 0.750. The number of guanidine groups is 1. The molecule has 0 saturated carbocycles. The van der Waals surface area contributed by atoms with E-state index in [2.05, 4.69) is 50.4 Å². The van der Waals surface area contributed by atoms with Crippen molar-refractivity contribution >= 4 is 17.7 Å². The standard InChI is InChI=1S/C13H22N4S/c1-14-13(16-9-12-4-3-7-18-12)15-8-11-5-6-17(2)10-11/h5-6,10,12H,3-4,7-9H2,1-2H3,(H2,14,15,16). The largest absolute Gasteiger partial charge is 0.357 e. The first kappa shape index (κ1) is 13.3. The number of hydrogen-bond acceptors (Lipinski definition) is 2. The molecular formula is C13H22N4S. The fourth-order valence-corrected chi connectivity index (χ4v) is 3.29. The molecule has 0 bridgehead atoms. The predicted octanol–water partition coefficient (Wildman–Crippen LogP) is 1.59. The van der Waals surface area contributed by atoms with Crippen LogP contribution >= 0.6 is 11.8 Å². The first-order valence-corrected chi connectivity index (χ1v) is 7.50. The molecule has 5 heteroatoms. The summed E-state index contributed by atoms with van der Waals surface area (Å²) in [5.41, 5.74) is 1.27. The summed E-state index contributed by atoms with van der Waals surface area (Å²) in [5, 5.41) is 7.49. The van der Waals surface area contributed by atoms with E-state index in [1.54, 1.807) is 0 Å². The van der Waals surface area contributed by atoms with Gasteiger partial charge in [0.2, 0.25) is 0 Å². The lowest BCUT2D eigenvalue weighted by atomic mass is 10.2. The van der Waals surface area contributed by atoms with E-state index >= 15 is 0 Å². The number of hydrogen-bond donors (Lipinski definition) is 2. The van der Waals surface area contributed by atoms with Crippen molar-refractivity contribution in [2.45, 2.75) is 24.6 Å². The maximum absolute atomic E-state index is 4.25. The van der Waals surface area contributed by atoms with Gasteiger partial charge in [0.05, 0.1) is 0 Å². The summed E-state index contributed by atoms with van der Waals surface area (Å²) < 4.78 is 2.06. The summed E-state index contributed by atoms with van der Waals surface area (Å²) in [4.78, 5) is 4.25. The van der Waals surface area contributed by atoms with Gasteiger partial charge in [0, 0.05) is 44.8 Å². The molecule has 2 N–H and O–H groups in total. The first-order valence-electron chi connectivity index (χ1n) is 6.45. The van der Waals surface area contributed by atoms with E-state index in [-0.39, 0.29) is 0 Å². The molecule has 0 aliphatic carbocycles. The highest BCUT2D eigenvalue weighted by molar-refractivity contribution is 8.00. The van der Waals surface area contributed by atoms with Gasteiger partial charge in [0.25, 0.3) is 0 Å². The Morgan fingerprint density at radius 2 is 2.44 bits per heavy atom. The molecule has 0 amide bonds. The van der Waals surface area contributed by atoms with E-state index < -0.39 is 0 Å². The molecule has 1 saturated heterocycles. The summed E-state index contributed by atoms with van der Waals surface area (Å²) in [6, 6.07) is 2.12. The van der Waals surface area contributed by atoms with Crippen molar-refractivity contribution in [2.75, 3.05) is 19.3 Å². The molecule has 1 aliphatic heterocycles. The average molecular weight is 266 g/mol. The quantitative estimate of drug-likeness (QED) is 0.642. The molecule has 2 rings (SSSR count). The molecule has 0 radical (unpaired) electrons. The third-order valence-electron chi connectivity index (χ3n) is 3.10. The van der Waals surface area contributed by atoms with Crippen LogP contribution in [0.2, 0.25) is 0 Å². The molecule has 2 heterocycles. The fourth-order valence-electron chi connectivity index (χ4n) is 2.09. The Kier molecular flexibility index (Phi) is 4.99. The van der Waals surface area contributed by atoms with Gasteiger partial charge >= 0.3 is 0 Å². The van der Waals surface area contributed by atoms with Crippen molar-refractivity contribution in [3.63, 3.8) is 0 Å². The number of aliphatic imine (C=N–C) groups is 1. The third-order valence-corrected chi connectivity index (χ3v) is 4.50. The van der Waals surface area contributed by atoms with Crippen molar-refractivity contribution in [3.05, 3.63) is 24.0 Å². The molecule has 1 atom stereocenters. The van der Waals surface area contributed by atoms with Gasteiger partial charge < -0.3 is 15.2 Å². The van der Waals surface area contributed by atoms with Gasteiger partial charge in [-0.2, -0.15) is 11.8 Å². The molecule has 4 nitrogen and oxygen atoms in total. The smallest absolute Gasteiger partial charge is 0.191 e. The van der Waals surface area contributed by atoms with E-state index in [4.69, 9.17) is 0 Å². The maximum Gasteiger partial charge on any atom is 0.191 e. The van der Waals surface area contributed by atoms with Gasteiger partial charge in [0.1, 0.15) is 0 Å². The maximum atomic E-state index is 4.25. The predicted molar refractivity (Wildman–Crippen MR) is 79.1 cm³/mol. The van der Waals surface area contributed by atoms with Crippen LogP contribution in [0.15, 0.2) is 23.5 Å². The second kappa shape index (κ2) is 6.73. The van der Waals surface area contributed by atoms with Gasteiger partial charge in [-0.1, -0.05) is 0 Å². The van der Waals surface area contributed by atoms with Crippen LogP contribution < -0.4 is 10.6 Å². The van der Waals surface area contributed by atoms with E-state index in [0.29, 0.717) is 0 Å². The zero-order chi connectivity index (χ0) is 12.8. The Hall–Kier alpha value is -1.10. The van der Waals surface area contributed by atoms with Crippen LogP contribution in [0, 0.1) is 0 Å². The van der Waals surface area contributed by atoms with Gasteiger partial charge in [0.15, 0.2) is 5.96 Å². The molecule has 0 aromatic carbocycles. The SMILES string of the molecule is CN=C(NCc1ccn(C)c1)NCC1CCCS1. The van der Waals surface area contributed by atoms with Crippen molar-refractivity contribution < 1.29 is 0 Å². The van der Waals surface area contributed by atoms with Crippen LogP contribution in [-0.4, -0.2) is 35.1 Å². The molecule has 18 heavy (non-hydrogen) atoms. The first-order chi connectivity index (χ1) is 8.78. The Bertz CT molecular complexity index is 393. The molecule has 1 fully saturated rings. The van der Waals surface area contributed by atoms with Crippen LogP contribution in [-0.2, 0) is 13.6 Å². The number of nitrogens with zero attached hydrogens (tertiary/aromatic N) is 2. The van der Waals surface area contributed by atoms with E-state index in [0.717, 1.165) is 24.3 Å². The second-order valence-electron chi connectivity index (χ2n) is 4.63. The fraction of sp³-hybridized carbons (Fsp3) is 0.615. The summed E-state index contributed by atoms with van der Waals surface area (Å²) in [6.45, 7) is 1.83. The number of nitrogens with one attached hydrogen (secondary N) is 2. The number of aromatic nitrogens is 1. The Labute approximate surface area is 113 Å². The van der Waals surface area contributed by atoms with Crippen molar-refractivity contribution in [3.8, 4) is 0 Å². The highest BCUT2D eigenvalue weighted by Crippen LogP contribution is 2.25. The van der Waals surface area contributed by atoms with Crippen LogP contribution in [0.25, 0.3) is 0 Å². The van der Waals surface area contributed by atoms with Crippen molar-refractivity contribution in [2.24, 2.45) is 12.0 Å². The van der Waals surface area contributed by atoms with Crippen molar-refractivity contribution in [1.82, 2.24) is 15.2 Å². The lowest BCUT2D eigenvalue weighted by Gasteiger charge is -2.14. The number of thioether (sulfide) groups is 1. The van der Waals surface area contributed by atoms with Gasteiger partial charge in [-0.3, -0.25) is 4.99 Å². The average Bonchev–Trinajstić information content (AvgIpc) is 3.01. The Balaban J connectivity index is 1.72. The molecule has 100 valence electrons. The third kappa shape index (κ3) is 3.98. The summed E-state index contributed by atoms with van der Waals surface area (Å²) >= 11 is 2.06. The topological polar surface area (TPSA) is 41.4 Å². The second-order valence-corrected chi connectivity index (χ2v) is 6.04. The molecule has 1 aromatic heterocycles. The van der Waals surface area contributed by atoms with Crippen LogP contribution in [0.3, 0.4) is 0 Å². The van der Waals surface area contributed by atoms with Crippen molar-refractivity contribution in [1.29, 1.82) is 0 Å². The lowest BCUT2D eigenvalue weighted by molar-refractivity contribution is 0.725. The van der Waals surface area contributed by atoms with Gasteiger partial charge in [-0.25, -0.2) is 0 Å².